The number of hydrogen-bond donors (Lipinski definition) is 1. The van der Waals surface area contributed by atoms with Gasteiger partial charge in [0.05, 0.1) is 22.7 Å². The molecule has 1 aromatic rings. The second kappa shape index (κ2) is 6.55. The summed E-state index contributed by atoms with van der Waals surface area (Å²) < 4.78 is 30.5. The zero-order chi connectivity index (χ0) is 16.3. The topological polar surface area (TPSA) is 83.9 Å². The van der Waals surface area contributed by atoms with E-state index in [1.807, 2.05) is 0 Å². The summed E-state index contributed by atoms with van der Waals surface area (Å²) in [6.07, 6.45) is 0. The molecule has 0 spiro atoms. The molecule has 0 aromatic heterocycles. The van der Waals surface area contributed by atoms with Gasteiger partial charge in [-0.05, 0) is 45.0 Å². The lowest BCUT2D eigenvalue weighted by molar-refractivity contribution is 0.0526. The fourth-order valence-electron chi connectivity index (χ4n) is 1.79. The molecule has 0 radical (unpaired) electrons. The van der Waals surface area contributed by atoms with Crippen LogP contribution in [0.4, 0.5) is 0 Å². The number of sulfonamides is 1. The highest BCUT2D eigenvalue weighted by Crippen LogP contribution is 2.17. The summed E-state index contributed by atoms with van der Waals surface area (Å²) in [5, 5.41) is 9.71. The first-order chi connectivity index (χ1) is 9.58. The second-order valence-electron chi connectivity index (χ2n) is 5.32. The van der Waals surface area contributed by atoms with Gasteiger partial charge in [-0.25, -0.2) is 13.2 Å². The van der Waals surface area contributed by atoms with E-state index in [-0.39, 0.29) is 18.0 Å². The first-order valence-electron chi connectivity index (χ1n) is 6.54. The summed E-state index contributed by atoms with van der Waals surface area (Å²) in [4.78, 5) is 11.6. The van der Waals surface area contributed by atoms with Crippen LogP contribution in [0.5, 0.6) is 0 Å². The number of rotatable bonds is 6. The Balaban J connectivity index is 2.97. The quantitative estimate of drug-likeness (QED) is 0.799. The van der Waals surface area contributed by atoms with Crippen molar-refractivity contribution in [3.8, 4) is 0 Å². The molecule has 1 N–H and O–H groups in total. The van der Waals surface area contributed by atoms with Gasteiger partial charge in [0.15, 0.2) is 0 Å². The molecule has 0 saturated carbocycles. The summed E-state index contributed by atoms with van der Waals surface area (Å²) in [7, 11) is -2.31. The fraction of sp³-hybridized carbons (Fsp3) is 0.500. The van der Waals surface area contributed by atoms with Gasteiger partial charge in [0, 0.05) is 13.6 Å². The van der Waals surface area contributed by atoms with Crippen LogP contribution in [0.1, 0.15) is 31.1 Å². The molecule has 1 aromatic carbocycles. The zero-order valence-corrected chi connectivity index (χ0v) is 13.5. The standard InChI is InChI=1S/C14H21NO5S/c1-5-20-13(16)11-6-8-12(9-7-11)21(18,19)15(4)10-14(2,3)17/h6-9,17H,5,10H2,1-4H3. The van der Waals surface area contributed by atoms with Crippen molar-refractivity contribution in [3.63, 3.8) is 0 Å². The minimum Gasteiger partial charge on any atom is -0.462 e. The molecule has 6 nitrogen and oxygen atoms in total. The largest absolute Gasteiger partial charge is 0.462 e. The molecule has 21 heavy (non-hydrogen) atoms. The van der Waals surface area contributed by atoms with Crippen LogP contribution in [0.25, 0.3) is 0 Å². The van der Waals surface area contributed by atoms with Crippen molar-refractivity contribution < 1.29 is 23.1 Å². The van der Waals surface area contributed by atoms with E-state index >= 15 is 0 Å². The first-order valence-corrected chi connectivity index (χ1v) is 7.98. The van der Waals surface area contributed by atoms with Crippen LogP contribution in [0.2, 0.25) is 0 Å². The summed E-state index contributed by atoms with van der Waals surface area (Å²) in [6, 6.07) is 5.51. The Morgan fingerprint density at radius 1 is 1.29 bits per heavy atom. The highest BCUT2D eigenvalue weighted by atomic mass is 32.2. The molecule has 1 rings (SSSR count). The average molecular weight is 315 g/mol. The van der Waals surface area contributed by atoms with Crippen molar-refractivity contribution in [1.29, 1.82) is 0 Å². The van der Waals surface area contributed by atoms with E-state index in [0.29, 0.717) is 5.56 Å². The molecule has 0 aliphatic carbocycles. The molecule has 0 amide bonds. The maximum Gasteiger partial charge on any atom is 0.338 e. The maximum absolute atomic E-state index is 12.3. The van der Waals surface area contributed by atoms with Gasteiger partial charge in [0.2, 0.25) is 10.0 Å². The van der Waals surface area contributed by atoms with Gasteiger partial charge in [0.1, 0.15) is 0 Å². The Morgan fingerprint density at radius 2 is 1.81 bits per heavy atom. The minimum atomic E-state index is -3.71. The van der Waals surface area contributed by atoms with Crippen molar-refractivity contribution in [1.82, 2.24) is 4.31 Å². The third kappa shape index (κ3) is 4.80. The normalized spacial score (nSPS) is 12.5. The van der Waals surface area contributed by atoms with Crippen molar-refractivity contribution in [2.24, 2.45) is 0 Å². The van der Waals surface area contributed by atoms with E-state index in [1.165, 1.54) is 45.2 Å². The summed E-state index contributed by atoms with van der Waals surface area (Å²) in [6.45, 7) is 4.98. The smallest absolute Gasteiger partial charge is 0.338 e. The molecular formula is C14H21NO5S. The molecule has 0 aliphatic rings. The lowest BCUT2D eigenvalue weighted by Crippen LogP contribution is -2.39. The van der Waals surface area contributed by atoms with Gasteiger partial charge in [-0.3, -0.25) is 0 Å². The van der Waals surface area contributed by atoms with Crippen molar-refractivity contribution >= 4 is 16.0 Å². The number of benzene rings is 1. The van der Waals surface area contributed by atoms with E-state index in [9.17, 15) is 18.3 Å². The van der Waals surface area contributed by atoms with Crippen LogP contribution in [0, 0.1) is 0 Å². The summed E-state index contributed by atoms with van der Waals surface area (Å²) >= 11 is 0. The second-order valence-corrected chi connectivity index (χ2v) is 7.36. The molecule has 0 saturated heterocycles. The molecule has 7 heteroatoms. The predicted octanol–water partition coefficient (Wildman–Crippen LogP) is 1.25. The van der Waals surface area contributed by atoms with Crippen molar-refractivity contribution in [2.75, 3.05) is 20.2 Å². The van der Waals surface area contributed by atoms with Crippen LogP contribution >= 0.6 is 0 Å². The van der Waals surface area contributed by atoms with Crippen molar-refractivity contribution in [3.05, 3.63) is 29.8 Å². The Kier molecular flexibility index (Phi) is 5.49. The number of nitrogens with zero attached hydrogens (tertiary/aromatic N) is 1. The Morgan fingerprint density at radius 3 is 2.24 bits per heavy atom. The molecule has 0 aliphatic heterocycles. The Hall–Kier alpha value is -1.44. The first kappa shape index (κ1) is 17.6. The molecule has 0 atom stereocenters. The third-order valence-corrected chi connectivity index (χ3v) is 4.50. The SMILES string of the molecule is CCOC(=O)c1ccc(S(=O)(=O)N(C)CC(C)(C)O)cc1. The van der Waals surface area contributed by atoms with E-state index < -0.39 is 21.6 Å². The summed E-state index contributed by atoms with van der Waals surface area (Å²) in [5.41, 5.74) is -0.840. The lowest BCUT2D eigenvalue weighted by Gasteiger charge is -2.25. The monoisotopic (exact) mass is 315 g/mol. The number of esters is 1. The van der Waals surface area contributed by atoms with Gasteiger partial charge >= 0.3 is 5.97 Å². The fourth-order valence-corrected chi connectivity index (χ4v) is 3.11. The number of carbonyl (C=O) groups excluding carboxylic acids is 1. The number of aliphatic hydroxyl groups is 1. The molecule has 118 valence electrons. The van der Waals surface area contributed by atoms with Crippen LogP contribution < -0.4 is 0 Å². The number of hydrogen-bond acceptors (Lipinski definition) is 5. The number of likely N-dealkylation sites (N-methyl/N-ethyl adjacent to an activating group) is 1. The Bertz CT molecular complexity index is 587. The van der Waals surface area contributed by atoms with Gasteiger partial charge in [-0.15, -0.1) is 0 Å². The predicted molar refractivity (Wildman–Crippen MR) is 78.5 cm³/mol. The van der Waals surface area contributed by atoms with Gasteiger partial charge < -0.3 is 9.84 Å². The highest BCUT2D eigenvalue weighted by molar-refractivity contribution is 7.89. The van der Waals surface area contributed by atoms with E-state index in [2.05, 4.69) is 0 Å². The van der Waals surface area contributed by atoms with Gasteiger partial charge in [0.25, 0.3) is 0 Å². The Labute approximate surface area is 125 Å². The molecule has 0 bridgehead atoms. The van der Waals surface area contributed by atoms with Crippen LogP contribution in [0.15, 0.2) is 29.2 Å². The van der Waals surface area contributed by atoms with E-state index in [0.717, 1.165) is 4.31 Å². The van der Waals surface area contributed by atoms with Crippen LogP contribution in [-0.2, 0) is 14.8 Å². The van der Waals surface area contributed by atoms with E-state index in [4.69, 9.17) is 4.74 Å². The molecule has 0 fully saturated rings. The van der Waals surface area contributed by atoms with Gasteiger partial charge in [-0.1, -0.05) is 0 Å². The summed E-state index contributed by atoms with van der Waals surface area (Å²) in [5.74, 6) is -0.494. The number of ether oxygens (including phenoxy) is 1. The molecule has 0 unspecified atom stereocenters. The van der Waals surface area contributed by atoms with E-state index in [1.54, 1.807) is 6.92 Å². The molecular weight excluding hydrogens is 294 g/mol. The zero-order valence-electron chi connectivity index (χ0n) is 12.7. The highest BCUT2D eigenvalue weighted by Gasteiger charge is 2.26. The van der Waals surface area contributed by atoms with Crippen LogP contribution in [-0.4, -0.2) is 49.6 Å². The maximum atomic E-state index is 12.3. The molecule has 0 heterocycles. The lowest BCUT2D eigenvalue weighted by atomic mass is 10.1. The van der Waals surface area contributed by atoms with Gasteiger partial charge in [-0.2, -0.15) is 4.31 Å². The minimum absolute atomic E-state index is 0.0328. The van der Waals surface area contributed by atoms with Crippen molar-refractivity contribution in [2.45, 2.75) is 31.3 Å². The van der Waals surface area contributed by atoms with Crippen LogP contribution in [0.3, 0.4) is 0 Å². The average Bonchev–Trinajstić information content (AvgIpc) is 2.37. The third-order valence-electron chi connectivity index (χ3n) is 2.68. The number of carbonyl (C=O) groups is 1.